The molecule has 0 radical (unpaired) electrons. The van der Waals surface area contributed by atoms with E-state index < -0.39 is 6.04 Å². The number of nitrogens with one attached hydrogen (secondary N) is 1. The molecule has 0 aliphatic rings. The van der Waals surface area contributed by atoms with E-state index in [2.05, 4.69) is 10.3 Å². The molecule has 0 aliphatic heterocycles. The predicted octanol–water partition coefficient (Wildman–Crippen LogP) is 0.861. The molecule has 2 rings (SSSR count). The van der Waals surface area contributed by atoms with Crippen LogP contribution in [0.15, 0.2) is 36.5 Å². The van der Waals surface area contributed by atoms with Crippen LogP contribution in [0.3, 0.4) is 0 Å². The topological polar surface area (TPSA) is 90.0 Å². The molecular weight excluding hydrogens is 280 g/mol. The molecule has 1 heterocycles. The van der Waals surface area contributed by atoms with Gasteiger partial charge in [-0.1, -0.05) is 30.3 Å². The van der Waals surface area contributed by atoms with Gasteiger partial charge in [-0.25, -0.2) is 4.98 Å². The highest BCUT2D eigenvalue weighted by Crippen LogP contribution is 2.06. The lowest BCUT2D eigenvalue weighted by atomic mass is 10.1. The number of imidazole rings is 1. The molecule has 1 aromatic heterocycles. The number of hydrogen-bond acceptors (Lipinski definition) is 4. The second-order valence-corrected chi connectivity index (χ2v) is 5.21. The zero-order valence-corrected chi connectivity index (χ0v) is 12.5. The molecule has 22 heavy (non-hydrogen) atoms. The van der Waals surface area contributed by atoms with Crippen molar-refractivity contribution in [1.82, 2.24) is 14.9 Å². The first kappa shape index (κ1) is 15.8. The van der Waals surface area contributed by atoms with Crippen LogP contribution in [0.25, 0.3) is 0 Å². The largest absolute Gasteiger partial charge is 0.369 e. The highest BCUT2D eigenvalue weighted by atomic mass is 16.2. The van der Waals surface area contributed by atoms with Crippen LogP contribution in [-0.4, -0.2) is 27.8 Å². The Morgan fingerprint density at radius 3 is 2.73 bits per heavy atom. The number of amides is 1. The second-order valence-electron chi connectivity index (χ2n) is 5.21. The smallest absolute Gasteiger partial charge is 0.226 e. The number of carbonyl (C=O) groups excluding carboxylic acids is 2. The number of hydrogen-bond donors (Lipinski definition) is 2. The summed E-state index contributed by atoms with van der Waals surface area (Å²) < 4.78 is 1.65. The van der Waals surface area contributed by atoms with Crippen LogP contribution < -0.4 is 11.1 Å². The van der Waals surface area contributed by atoms with Crippen LogP contribution in [-0.2, 0) is 29.5 Å². The lowest BCUT2D eigenvalue weighted by Crippen LogP contribution is -2.37. The number of nitrogens with zero attached hydrogens (tertiary/aromatic N) is 2. The fourth-order valence-electron chi connectivity index (χ4n) is 2.19. The molecule has 6 heteroatoms. The van der Waals surface area contributed by atoms with Crippen molar-refractivity contribution in [2.45, 2.75) is 25.3 Å². The molecule has 0 fully saturated rings. The van der Waals surface area contributed by atoms with Gasteiger partial charge in [-0.2, -0.15) is 0 Å². The number of nitrogen functional groups attached to an aromatic ring is 1. The standard InChI is InChI=1S/C16H20N4O2/c1-20-10-14(19-16(20)17)9-15(22)18-13(11-21)8-7-12-5-3-2-4-6-12/h2-6,10-11,13H,7-9H2,1H3,(H2,17,19)(H,18,22)/t13-/m0/s1. The summed E-state index contributed by atoms with van der Waals surface area (Å²) in [6.07, 6.45) is 3.90. The predicted molar refractivity (Wildman–Crippen MR) is 84.1 cm³/mol. The molecule has 0 spiro atoms. The number of aryl methyl sites for hydroxylation is 2. The highest BCUT2D eigenvalue weighted by molar-refractivity contribution is 5.81. The lowest BCUT2D eigenvalue weighted by molar-refractivity contribution is -0.123. The SMILES string of the molecule is Cn1cc(CC(=O)N[C@H](C=O)CCc2ccccc2)nc1N. The first-order valence-corrected chi connectivity index (χ1v) is 7.15. The number of aldehydes is 1. The third-order valence-corrected chi connectivity index (χ3v) is 3.40. The molecule has 0 unspecified atom stereocenters. The van der Waals surface area contributed by atoms with Gasteiger partial charge >= 0.3 is 0 Å². The Morgan fingerprint density at radius 1 is 1.41 bits per heavy atom. The molecule has 3 N–H and O–H groups in total. The van der Waals surface area contributed by atoms with Gasteiger partial charge in [0.2, 0.25) is 5.91 Å². The fourth-order valence-corrected chi connectivity index (χ4v) is 2.19. The minimum Gasteiger partial charge on any atom is -0.369 e. The Bertz CT molecular complexity index is 617. The lowest BCUT2D eigenvalue weighted by Gasteiger charge is -2.12. The van der Waals surface area contributed by atoms with E-state index in [1.54, 1.807) is 17.8 Å². The Morgan fingerprint density at radius 2 is 2.14 bits per heavy atom. The van der Waals surface area contributed by atoms with Crippen molar-refractivity contribution < 1.29 is 9.59 Å². The average Bonchev–Trinajstić information content (AvgIpc) is 2.82. The first-order valence-electron chi connectivity index (χ1n) is 7.15. The zero-order valence-electron chi connectivity index (χ0n) is 12.5. The molecule has 0 bridgehead atoms. The summed E-state index contributed by atoms with van der Waals surface area (Å²) in [5.41, 5.74) is 7.35. The van der Waals surface area contributed by atoms with Crippen molar-refractivity contribution in [1.29, 1.82) is 0 Å². The van der Waals surface area contributed by atoms with E-state index in [-0.39, 0.29) is 12.3 Å². The molecule has 2 aromatic rings. The number of anilines is 1. The van der Waals surface area contributed by atoms with Gasteiger partial charge in [0.05, 0.1) is 18.2 Å². The maximum absolute atomic E-state index is 12.0. The van der Waals surface area contributed by atoms with E-state index in [1.165, 1.54) is 0 Å². The second kappa shape index (κ2) is 7.40. The van der Waals surface area contributed by atoms with Gasteiger partial charge in [0, 0.05) is 13.2 Å². The molecule has 0 saturated heterocycles. The number of rotatable bonds is 7. The first-order chi connectivity index (χ1) is 10.6. The van der Waals surface area contributed by atoms with Crippen LogP contribution >= 0.6 is 0 Å². The summed E-state index contributed by atoms with van der Waals surface area (Å²) >= 11 is 0. The number of aromatic nitrogens is 2. The van der Waals surface area contributed by atoms with E-state index in [1.807, 2.05) is 30.3 Å². The molecule has 1 atom stereocenters. The zero-order chi connectivity index (χ0) is 15.9. The van der Waals surface area contributed by atoms with Crippen molar-refractivity contribution >= 4 is 18.1 Å². The van der Waals surface area contributed by atoms with E-state index >= 15 is 0 Å². The van der Waals surface area contributed by atoms with Crippen molar-refractivity contribution in [3.63, 3.8) is 0 Å². The minimum absolute atomic E-state index is 0.112. The number of carbonyl (C=O) groups is 2. The molecule has 0 saturated carbocycles. The van der Waals surface area contributed by atoms with Crippen molar-refractivity contribution in [2.24, 2.45) is 7.05 Å². The van der Waals surface area contributed by atoms with E-state index in [9.17, 15) is 9.59 Å². The minimum atomic E-state index is -0.492. The summed E-state index contributed by atoms with van der Waals surface area (Å²) in [4.78, 5) is 27.1. The van der Waals surface area contributed by atoms with Gasteiger partial charge in [0.15, 0.2) is 5.95 Å². The Hall–Kier alpha value is -2.63. The summed E-state index contributed by atoms with van der Waals surface area (Å²) in [6, 6.07) is 9.36. The normalized spacial score (nSPS) is 11.9. The van der Waals surface area contributed by atoms with Crippen LogP contribution in [0.5, 0.6) is 0 Å². The van der Waals surface area contributed by atoms with Crippen LogP contribution in [0.2, 0.25) is 0 Å². The maximum atomic E-state index is 12.0. The molecule has 0 aliphatic carbocycles. The van der Waals surface area contributed by atoms with Gasteiger partial charge in [-0.3, -0.25) is 4.79 Å². The monoisotopic (exact) mass is 300 g/mol. The molecule has 116 valence electrons. The van der Waals surface area contributed by atoms with Crippen molar-refractivity contribution in [3.8, 4) is 0 Å². The van der Waals surface area contributed by atoms with Gasteiger partial charge < -0.3 is 20.4 Å². The molecular formula is C16H20N4O2. The van der Waals surface area contributed by atoms with E-state index in [4.69, 9.17) is 5.73 Å². The van der Waals surface area contributed by atoms with Gasteiger partial charge in [0.1, 0.15) is 6.29 Å². The quantitative estimate of drug-likeness (QED) is 0.742. The third-order valence-electron chi connectivity index (χ3n) is 3.40. The molecule has 1 aromatic carbocycles. The highest BCUT2D eigenvalue weighted by Gasteiger charge is 2.13. The maximum Gasteiger partial charge on any atom is 0.226 e. The fraction of sp³-hybridized carbons (Fsp3) is 0.312. The van der Waals surface area contributed by atoms with Gasteiger partial charge in [-0.05, 0) is 18.4 Å². The summed E-state index contributed by atoms with van der Waals surface area (Å²) in [7, 11) is 1.76. The Labute approximate surface area is 129 Å². The summed E-state index contributed by atoms with van der Waals surface area (Å²) in [5.74, 6) is 0.127. The van der Waals surface area contributed by atoms with E-state index in [0.29, 0.717) is 18.1 Å². The Balaban J connectivity index is 1.84. The summed E-state index contributed by atoms with van der Waals surface area (Å²) in [5, 5.41) is 2.72. The Kier molecular flexibility index (Phi) is 5.30. The van der Waals surface area contributed by atoms with Crippen LogP contribution in [0.4, 0.5) is 5.95 Å². The number of benzene rings is 1. The van der Waals surface area contributed by atoms with Crippen molar-refractivity contribution in [2.75, 3.05) is 5.73 Å². The van der Waals surface area contributed by atoms with Crippen LogP contribution in [0, 0.1) is 0 Å². The third kappa shape index (κ3) is 4.44. The number of nitrogens with two attached hydrogens (primary N) is 1. The van der Waals surface area contributed by atoms with Gasteiger partial charge in [0.25, 0.3) is 0 Å². The van der Waals surface area contributed by atoms with E-state index in [0.717, 1.165) is 18.3 Å². The van der Waals surface area contributed by atoms with Crippen molar-refractivity contribution in [3.05, 3.63) is 47.8 Å². The molecule has 6 nitrogen and oxygen atoms in total. The van der Waals surface area contributed by atoms with Crippen LogP contribution in [0.1, 0.15) is 17.7 Å². The molecule has 1 amide bonds. The van der Waals surface area contributed by atoms with Gasteiger partial charge in [-0.15, -0.1) is 0 Å². The summed E-state index contributed by atoms with van der Waals surface area (Å²) in [6.45, 7) is 0. The average molecular weight is 300 g/mol.